The zero-order valence-electron chi connectivity index (χ0n) is 64.2. The molecule has 18 rings (SSSR count). The van der Waals surface area contributed by atoms with Crippen LogP contribution in [0.15, 0.2) is 223 Å². The SMILES string of the molecule is COC(=O)CCCC(=O)N1CCc2c([nH]c3ccccc23)C1c1ccccc1.COC(=O)N1CCc2c([nH]c3ccccc23)C1c1ccccc1.COc1ccc(C2c3[nH]c4ccccc4c3CCN2C(=O)CCCC(=O)O)cc1Cl.O=C(O)c1ccc(N=CC(=O)N2CCc3c([nH]c4ccccc34)C2c2ccc3c(c2)OCO3)cc1. The molecule has 4 amide bonds. The number of aromatic nitrogens is 4. The number of aliphatic carboxylic acids is 1. The van der Waals surface area contributed by atoms with Crippen LogP contribution in [0.4, 0.5) is 10.5 Å². The van der Waals surface area contributed by atoms with Gasteiger partial charge in [-0.15, -0.1) is 0 Å². The highest BCUT2D eigenvalue weighted by Crippen LogP contribution is 2.46. The fourth-order valence-corrected chi connectivity index (χ4v) is 17.0. The average molecular weight is 1580 g/mol. The van der Waals surface area contributed by atoms with Crippen LogP contribution in [0.3, 0.4) is 0 Å². The number of amides is 4. The average Bonchev–Trinajstić information content (AvgIpc) is 1.61. The summed E-state index contributed by atoms with van der Waals surface area (Å²) in [5.74, 6) is -0.477. The molecule has 5 aliphatic rings. The predicted molar refractivity (Wildman–Crippen MR) is 442 cm³/mol. The highest BCUT2D eigenvalue weighted by atomic mass is 35.5. The number of carbonyl (C=O) groups excluding carboxylic acids is 5. The Labute approximate surface area is 673 Å². The minimum Gasteiger partial charge on any atom is -0.495 e. The summed E-state index contributed by atoms with van der Waals surface area (Å²) in [4.78, 5) is 111. The van der Waals surface area contributed by atoms with Crippen LogP contribution in [0.2, 0.25) is 5.02 Å². The molecule has 13 aromatic rings. The predicted octanol–water partition coefficient (Wildman–Crippen LogP) is 16.9. The van der Waals surface area contributed by atoms with Crippen LogP contribution in [0.5, 0.6) is 17.2 Å². The number of nitrogens with zero attached hydrogens (tertiary/aromatic N) is 5. The molecule has 0 spiro atoms. The van der Waals surface area contributed by atoms with Crippen molar-refractivity contribution < 1.29 is 67.5 Å². The molecule has 0 aliphatic carbocycles. The van der Waals surface area contributed by atoms with Gasteiger partial charge in [-0.3, -0.25) is 33.9 Å². The van der Waals surface area contributed by atoms with Gasteiger partial charge in [0.25, 0.3) is 5.91 Å². The van der Waals surface area contributed by atoms with Crippen LogP contribution >= 0.6 is 11.6 Å². The molecular weight excluding hydrogens is 1490 g/mol. The number of H-pyrrole nitrogens is 4. The lowest BCUT2D eigenvalue weighted by Crippen LogP contribution is -2.41. The van der Waals surface area contributed by atoms with Crippen LogP contribution in [-0.2, 0) is 59.1 Å². The largest absolute Gasteiger partial charge is 0.495 e. The molecule has 24 heteroatoms. The Bertz CT molecular complexity index is 5860. The summed E-state index contributed by atoms with van der Waals surface area (Å²) in [6.45, 7) is 2.59. The number of carboxylic acids is 2. The van der Waals surface area contributed by atoms with Crippen molar-refractivity contribution in [1.82, 2.24) is 39.5 Å². The van der Waals surface area contributed by atoms with E-state index in [9.17, 15) is 33.6 Å². The quantitative estimate of drug-likeness (QED) is 0.0387. The fraction of sp³-hybridized carbons (Fsp3) is 0.239. The fourth-order valence-electron chi connectivity index (χ4n) is 16.7. The third kappa shape index (κ3) is 16.3. The van der Waals surface area contributed by atoms with Crippen LogP contribution in [-0.4, -0.2) is 152 Å². The summed E-state index contributed by atoms with van der Waals surface area (Å²) < 4.78 is 26.0. The molecule has 116 heavy (non-hydrogen) atoms. The molecule has 590 valence electrons. The first-order valence-electron chi connectivity index (χ1n) is 38.7. The van der Waals surface area contributed by atoms with Crippen molar-refractivity contribution in [3.8, 4) is 17.2 Å². The number of fused-ring (bicyclic) bond motifs is 13. The molecular formula is C92H86ClN9O14. The number of hydrogen-bond acceptors (Lipinski definition) is 13. The molecule has 6 N–H and O–H groups in total. The smallest absolute Gasteiger partial charge is 0.410 e. The van der Waals surface area contributed by atoms with Crippen molar-refractivity contribution in [3.63, 3.8) is 0 Å². The Morgan fingerprint density at radius 3 is 1.32 bits per heavy atom. The number of halogens is 1. The lowest BCUT2D eigenvalue weighted by atomic mass is 9.92. The second-order valence-electron chi connectivity index (χ2n) is 28.8. The van der Waals surface area contributed by atoms with E-state index in [-0.39, 0.29) is 85.6 Å². The third-order valence-electron chi connectivity index (χ3n) is 22.1. The van der Waals surface area contributed by atoms with Crippen molar-refractivity contribution in [3.05, 3.63) is 296 Å². The highest BCUT2D eigenvalue weighted by molar-refractivity contribution is 6.32. The first-order valence-corrected chi connectivity index (χ1v) is 39.0. The topological polar surface area (TPSA) is 295 Å². The van der Waals surface area contributed by atoms with E-state index in [4.69, 9.17) is 40.8 Å². The van der Waals surface area contributed by atoms with Crippen molar-refractivity contribution in [2.75, 3.05) is 54.3 Å². The second-order valence-corrected chi connectivity index (χ2v) is 29.3. The Balaban J connectivity index is 0.000000123. The van der Waals surface area contributed by atoms with E-state index in [0.29, 0.717) is 79.8 Å². The molecule has 23 nitrogen and oxygen atoms in total. The maximum Gasteiger partial charge on any atom is 0.410 e. The lowest BCUT2D eigenvalue weighted by Gasteiger charge is -2.36. The third-order valence-corrected chi connectivity index (χ3v) is 22.4. The van der Waals surface area contributed by atoms with Gasteiger partial charge in [-0.2, -0.15) is 0 Å². The number of ether oxygens (including phenoxy) is 5. The van der Waals surface area contributed by atoms with Crippen molar-refractivity contribution in [2.45, 2.75) is 88.4 Å². The number of methoxy groups -OCH3 is 3. The molecule has 0 bridgehead atoms. The number of carbonyl (C=O) groups is 7. The molecule has 9 heterocycles. The summed E-state index contributed by atoms with van der Waals surface area (Å²) in [6, 6.07) is 69.6. The number of para-hydroxylation sites is 4. The molecule has 0 radical (unpaired) electrons. The Kier molecular flexibility index (Phi) is 23.4. The summed E-state index contributed by atoms with van der Waals surface area (Å²) in [5.41, 5.74) is 18.1. The van der Waals surface area contributed by atoms with E-state index in [0.717, 1.165) is 97.1 Å². The molecule has 4 atom stereocenters. The van der Waals surface area contributed by atoms with Gasteiger partial charge in [-0.25, -0.2) is 9.59 Å². The van der Waals surface area contributed by atoms with E-state index in [1.54, 1.807) is 29.0 Å². The standard InChI is InChI=1S/C27H21N3O5.C23H23ClN2O4.C23H24N2O3.C19H18N2O2/c31-24(14-28-18-8-5-16(6-9-18)27(32)33)30-12-11-20-19-3-1-2-4-21(19)29-25(20)26(30)17-7-10-22-23(13-17)35-15-34-22;1-30-19-10-9-14(13-17(19)24)23-22-16(15-5-2-3-6-18(15)25-22)11-12-26(23)20(27)7-4-8-21(28)29;1-28-21(27)13-7-12-20(26)25-15-14-18-17-10-5-6-11-19(17)24-22(18)23(25)16-8-3-2-4-9-16;1-23-19(22)21-12-11-15-14-9-5-6-10-16(14)20-17(15)18(21)13-7-3-2-4-8-13/h1-10,13-14,26,29H,11-12,15H2,(H,32,33);2-3,5-6,9-10,13,23,25H,4,7-8,11-12H2,1H3,(H,28,29);2-6,8-11,23-24H,7,12-15H2,1H3;2-10,18,20H,11-12H2,1H3. The number of benzene rings is 9. The van der Waals surface area contributed by atoms with Crippen molar-refractivity contribution in [2.24, 2.45) is 4.99 Å². The van der Waals surface area contributed by atoms with Gasteiger partial charge in [0.2, 0.25) is 18.6 Å². The van der Waals surface area contributed by atoms with E-state index >= 15 is 0 Å². The molecule has 0 saturated carbocycles. The van der Waals surface area contributed by atoms with E-state index in [1.165, 1.54) is 65.6 Å². The number of aromatic amines is 4. The van der Waals surface area contributed by atoms with Crippen LogP contribution in [0, 0.1) is 0 Å². The summed E-state index contributed by atoms with van der Waals surface area (Å²) in [7, 11) is 4.37. The zero-order chi connectivity index (χ0) is 80.5. The first kappa shape index (κ1) is 77.9. The summed E-state index contributed by atoms with van der Waals surface area (Å²) in [5, 5.41) is 23.3. The molecule has 0 fully saturated rings. The van der Waals surface area contributed by atoms with Gasteiger partial charge in [0.1, 0.15) is 11.8 Å². The number of hydrogen-bond donors (Lipinski definition) is 6. The number of rotatable bonds is 16. The second kappa shape index (κ2) is 34.9. The van der Waals surface area contributed by atoms with Gasteiger partial charge in [-0.05, 0) is 156 Å². The molecule has 5 aliphatic heterocycles. The summed E-state index contributed by atoms with van der Waals surface area (Å²) in [6.07, 6.45) is 5.73. The van der Waals surface area contributed by atoms with Gasteiger partial charge in [0.05, 0.1) is 61.9 Å². The van der Waals surface area contributed by atoms with E-state index < -0.39 is 11.9 Å². The minimum atomic E-state index is -1.01. The maximum absolute atomic E-state index is 13.4. The monoisotopic (exact) mass is 1580 g/mol. The Hall–Kier alpha value is -13.4. The number of nitrogens with one attached hydrogen (secondary N) is 4. The van der Waals surface area contributed by atoms with Crippen LogP contribution < -0.4 is 14.2 Å². The number of esters is 1. The molecule has 4 unspecified atom stereocenters. The van der Waals surface area contributed by atoms with Gasteiger partial charge in [0.15, 0.2) is 11.5 Å². The van der Waals surface area contributed by atoms with Crippen LogP contribution in [0.25, 0.3) is 43.6 Å². The first-order chi connectivity index (χ1) is 56.5. The van der Waals surface area contributed by atoms with Gasteiger partial charge < -0.3 is 68.5 Å². The minimum absolute atomic E-state index is 0.0176. The lowest BCUT2D eigenvalue weighted by molar-refractivity contribution is -0.141. The van der Waals surface area contributed by atoms with Crippen molar-refractivity contribution in [1.29, 1.82) is 0 Å². The van der Waals surface area contributed by atoms with E-state index in [1.807, 2.05) is 131 Å². The summed E-state index contributed by atoms with van der Waals surface area (Å²) >= 11 is 6.40. The Morgan fingerprint density at radius 1 is 0.448 bits per heavy atom. The zero-order valence-corrected chi connectivity index (χ0v) is 64.9. The number of aromatic carboxylic acids is 1. The Morgan fingerprint density at radius 2 is 0.862 bits per heavy atom. The maximum atomic E-state index is 13.4. The van der Waals surface area contributed by atoms with Crippen molar-refractivity contribution >= 4 is 109 Å². The van der Waals surface area contributed by atoms with E-state index in [2.05, 4.69) is 102 Å². The highest BCUT2D eigenvalue weighted by Gasteiger charge is 2.40. The molecule has 4 aromatic heterocycles. The van der Waals surface area contributed by atoms with Gasteiger partial charge >= 0.3 is 24.0 Å². The molecule has 0 saturated heterocycles. The molecule has 9 aromatic carbocycles. The van der Waals surface area contributed by atoms with Crippen LogP contribution in [0.1, 0.15) is 140 Å². The normalized spacial score (nSPS) is 16.3. The van der Waals surface area contributed by atoms with Gasteiger partial charge in [-0.1, -0.05) is 157 Å². The van der Waals surface area contributed by atoms with Gasteiger partial charge in [0, 0.05) is 118 Å². The number of carboxylic acid groups (broad SMARTS) is 2. The number of aliphatic imine (C=N–C) groups is 1.